The molecule has 0 spiro atoms. The highest BCUT2D eigenvalue weighted by Gasteiger charge is 2.07. The lowest BCUT2D eigenvalue weighted by Gasteiger charge is -2.09. The van der Waals surface area contributed by atoms with E-state index in [1.54, 1.807) is 18.9 Å². The molecule has 0 bridgehead atoms. The van der Waals surface area contributed by atoms with Crippen LogP contribution in [0.4, 0.5) is 0 Å². The Bertz CT molecular complexity index is 765. The van der Waals surface area contributed by atoms with E-state index in [0.717, 1.165) is 35.2 Å². The summed E-state index contributed by atoms with van der Waals surface area (Å²) in [6.07, 6.45) is 9.97. The molecule has 0 aliphatic carbocycles. The number of imidazole rings is 1. The Morgan fingerprint density at radius 3 is 3.00 bits per heavy atom. The Kier molecular flexibility index (Phi) is 5.02. The number of aryl methyl sites for hydroxylation is 2. The SMILES string of the molecule is COc1cccc(-n2ccnc2SCCCc2cnn(C)c2)c1. The topological polar surface area (TPSA) is 44.9 Å². The van der Waals surface area contributed by atoms with Gasteiger partial charge < -0.3 is 4.74 Å². The minimum atomic E-state index is 0.851. The average molecular weight is 328 g/mol. The van der Waals surface area contributed by atoms with Crippen molar-refractivity contribution in [2.45, 2.75) is 18.0 Å². The second-order valence-electron chi connectivity index (χ2n) is 5.26. The molecule has 2 heterocycles. The summed E-state index contributed by atoms with van der Waals surface area (Å²) in [5.41, 5.74) is 2.35. The first kappa shape index (κ1) is 15.7. The van der Waals surface area contributed by atoms with E-state index in [0.29, 0.717) is 0 Å². The van der Waals surface area contributed by atoms with Gasteiger partial charge in [0.25, 0.3) is 0 Å². The Balaban J connectivity index is 1.60. The van der Waals surface area contributed by atoms with E-state index < -0.39 is 0 Å². The van der Waals surface area contributed by atoms with Gasteiger partial charge >= 0.3 is 0 Å². The maximum absolute atomic E-state index is 5.29. The van der Waals surface area contributed by atoms with E-state index in [-0.39, 0.29) is 0 Å². The number of methoxy groups -OCH3 is 1. The number of ether oxygens (including phenoxy) is 1. The maximum Gasteiger partial charge on any atom is 0.172 e. The van der Waals surface area contributed by atoms with E-state index in [1.807, 2.05) is 48.5 Å². The zero-order valence-corrected chi connectivity index (χ0v) is 14.2. The number of hydrogen-bond donors (Lipinski definition) is 0. The molecule has 0 fully saturated rings. The third-order valence-electron chi connectivity index (χ3n) is 3.54. The molecular formula is C17H20N4OS. The minimum Gasteiger partial charge on any atom is -0.497 e. The second-order valence-corrected chi connectivity index (χ2v) is 6.32. The first-order valence-electron chi connectivity index (χ1n) is 7.54. The highest BCUT2D eigenvalue weighted by molar-refractivity contribution is 7.99. The molecular weight excluding hydrogens is 308 g/mol. The normalized spacial score (nSPS) is 10.9. The molecule has 3 rings (SSSR count). The summed E-state index contributed by atoms with van der Waals surface area (Å²) in [6.45, 7) is 0. The number of nitrogens with zero attached hydrogens (tertiary/aromatic N) is 4. The Morgan fingerprint density at radius 1 is 1.30 bits per heavy atom. The third-order valence-corrected chi connectivity index (χ3v) is 4.59. The van der Waals surface area contributed by atoms with Gasteiger partial charge in [-0.15, -0.1) is 0 Å². The van der Waals surface area contributed by atoms with Crippen molar-refractivity contribution >= 4 is 11.8 Å². The quantitative estimate of drug-likeness (QED) is 0.493. The van der Waals surface area contributed by atoms with Gasteiger partial charge in [-0.25, -0.2) is 4.98 Å². The van der Waals surface area contributed by atoms with Crippen LogP contribution in [0.3, 0.4) is 0 Å². The summed E-state index contributed by atoms with van der Waals surface area (Å²) < 4.78 is 9.23. The molecule has 120 valence electrons. The number of benzene rings is 1. The summed E-state index contributed by atoms with van der Waals surface area (Å²) in [5, 5.41) is 5.20. The number of rotatable bonds is 7. The zero-order valence-electron chi connectivity index (χ0n) is 13.3. The van der Waals surface area contributed by atoms with Crippen LogP contribution in [-0.4, -0.2) is 32.2 Å². The van der Waals surface area contributed by atoms with Gasteiger partial charge in [-0.3, -0.25) is 9.25 Å². The molecule has 3 aromatic rings. The molecule has 0 saturated carbocycles. The minimum absolute atomic E-state index is 0.851. The zero-order chi connectivity index (χ0) is 16.1. The molecule has 0 unspecified atom stereocenters. The molecule has 0 saturated heterocycles. The van der Waals surface area contributed by atoms with Gasteiger partial charge in [0.15, 0.2) is 5.16 Å². The van der Waals surface area contributed by atoms with E-state index in [2.05, 4.69) is 26.9 Å². The smallest absolute Gasteiger partial charge is 0.172 e. The van der Waals surface area contributed by atoms with Crippen LogP contribution < -0.4 is 4.74 Å². The van der Waals surface area contributed by atoms with Gasteiger partial charge in [0.1, 0.15) is 5.75 Å². The molecule has 5 nitrogen and oxygen atoms in total. The van der Waals surface area contributed by atoms with Gasteiger partial charge in [0.05, 0.1) is 19.0 Å². The van der Waals surface area contributed by atoms with Crippen molar-refractivity contribution in [3.63, 3.8) is 0 Å². The lowest BCUT2D eigenvalue weighted by atomic mass is 10.2. The molecule has 2 aromatic heterocycles. The number of hydrogen-bond acceptors (Lipinski definition) is 4. The van der Waals surface area contributed by atoms with Crippen molar-refractivity contribution in [2.75, 3.05) is 12.9 Å². The van der Waals surface area contributed by atoms with E-state index in [9.17, 15) is 0 Å². The lowest BCUT2D eigenvalue weighted by molar-refractivity contribution is 0.414. The van der Waals surface area contributed by atoms with Gasteiger partial charge in [0, 0.05) is 37.5 Å². The Morgan fingerprint density at radius 2 is 2.22 bits per heavy atom. The van der Waals surface area contributed by atoms with Gasteiger partial charge in [-0.1, -0.05) is 17.8 Å². The first-order chi connectivity index (χ1) is 11.3. The highest BCUT2D eigenvalue weighted by Crippen LogP contribution is 2.23. The largest absolute Gasteiger partial charge is 0.497 e. The van der Waals surface area contributed by atoms with E-state index in [1.165, 1.54) is 5.56 Å². The van der Waals surface area contributed by atoms with Crippen molar-refractivity contribution in [1.82, 2.24) is 19.3 Å². The standard InChI is InChI=1S/C17H20N4OS/c1-20-13-14(12-19-20)5-4-10-23-17-18-8-9-21(17)15-6-3-7-16(11-15)22-2/h3,6-9,11-13H,4-5,10H2,1-2H3. The van der Waals surface area contributed by atoms with Crippen molar-refractivity contribution < 1.29 is 4.74 Å². The Labute approximate surface area is 140 Å². The molecule has 0 aliphatic rings. The monoisotopic (exact) mass is 328 g/mol. The molecule has 0 aliphatic heterocycles. The van der Waals surface area contributed by atoms with Gasteiger partial charge in [-0.2, -0.15) is 5.10 Å². The molecule has 0 N–H and O–H groups in total. The fourth-order valence-corrected chi connectivity index (χ4v) is 3.31. The van der Waals surface area contributed by atoms with Crippen molar-refractivity contribution in [3.8, 4) is 11.4 Å². The van der Waals surface area contributed by atoms with Crippen LogP contribution in [0.15, 0.2) is 54.2 Å². The Hall–Kier alpha value is -2.21. The summed E-state index contributed by atoms with van der Waals surface area (Å²) in [6, 6.07) is 8.01. The van der Waals surface area contributed by atoms with Crippen LogP contribution in [0.1, 0.15) is 12.0 Å². The van der Waals surface area contributed by atoms with E-state index in [4.69, 9.17) is 4.74 Å². The van der Waals surface area contributed by atoms with Crippen molar-refractivity contribution in [3.05, 3.63) is 54.6 Å². The fourth-order valence-electron chi connectivity index (χ4n) is 2.39. The van der Waals surface area contributed by atoms with Gasteiger partial charge in [-0.05, 0) is 30.5 Å². The molecule has 1 aromatic carbocycles. The van der Waals surface area contributed by atoms with Crippen molar-refractivity contribution in [2.24, 2.45) is 7.05 Å². The molecule has 0 atom stereocenters. The van der Waals surface area contributed by atoms with Crippen LogP contribution in [0.5, 0.6) is 5.75 Å². The van der Waals surface area contributed by atoms with Crippen LogP contribution in [0.2, 0.25) is 0 Å². The third kappa shape index (κ3) is 3.96. The van der Waals surface area contributed by atoms with Crippen LogP contribution in [0, 0.1) is 0 Å². The van der Waals surface area contributed by atoms with Crippen molar-refractivity contribution in [1.29, 1.82) is 0 Å². The fraction of sp³-hybridized carbons (Fsp3) is 0.294. The van der Waals surface area contributed by atoms with Gasteiger partial charge in [0.2, 0.25) is 0 Å². The summed E-state index contributed by atoms with van der Waals surface area (Å²) in [4.78, 5) is 4.47. The van der Waals surface area contributed by atoms with Crippen LogP contribution >= 0.6 is 11.8 Å². The number of aromatic nitrogens is 4. The predicted molar refractivity (Wildman–Crippen MR) is 92.4 cm³/mol. The first-order valence-corrected chi connectivity index (χ1v) is 8.53. The van der Waals surface area contributed by atoms with Crippen LogP contribution in [0.25, 0.3) is 5.69 Å². The molecule has 6 heteroatoms. The molecule has 23 heavy (non-hydrogen) atoms. The summed E-state index contributed by atoms with van der Waals surface area (Å²) in [5.74, 6) is 1.87. The molecule has 0 amide bonds. The average Bonchev–Trinajstić information content (AvgIpc) is 3.20. The highest BCUT2D eigenvalue weighted by atomic mass is 32.2. The second kappa shape index (κ2) is 7.37. The summed E-state index contributed by atoms with van der Waals surface area (Å²) >= 11 is 1.77. The lowest BCUT2D eigenvalue weighted by Crippen LogP contribution is -1.97. The maximum atomic E-state index is 5.29. The number of thioether (sulfide) groups is 1. The predicted octanol–water partition coefficient (Wildman–Crippen LogP) is 3.34. The summed E-state index contributed by atoms with van der Waals surface area (Å²) in [7, 11) is 3.63. The van der Waals surface area contributed by atoms with E-state index >= 15 is 0 Å². The molecule has 0 radical (unpaired) electrons. The van der Waals surface area contributed by atoms with Crippen LogP contribution in [-0.2, 0) is 13.5 Å².